The number of piperidine rings is 1. The Morgan fingerprint density at radius 2 is 1.98 bits per heavy atom. The second-order valence-corrected chi connectivity index (χ2v) is 13.0. The molecule has 2 aliphatic rings. The molecular weight excluding hydrogens is 577 g/mol. The Labute approximate surface area is 253 Å². The van der Waals surface area contributed by atoms with Crippen LogP contribution in [0, 0.1) is 17.8 Å². The monoisotopic (exact) mass is 614 g/mol. The molecule has 12 heteroatoms. The van der Waals surface area contributed by atoms with Crippen molar-refractivity contribution in [2.24, 2.45) is 24.8 Å². The van der Waals surface area contributed by atoms with Gasteiger partial charge >= 0.3 is 11.9 Å². The number of rotatable bonds is 8. The number of aryl methyl sites for hydroxylation is 1. The number of pyridine rings is 1. The van der Waals surface area contributed by atoms with E-state index in [1.165, 1.54) is 16.8 Å². The fraction of sp³-hybridized carbons (Fsp3) is 0.516. The highest BCUT2D eigenvalue weighted by Crippen LogP contribution is 2.46. The molecule has 0 amide bonds. The Hall–Kier alpha value is -3.09. The molecule has 3 aromatic heterocycles. The number of nitrogens with zero attached hydrogens (tertiary/aromatic N) is 6. The van der Waals surface area contributed by atoms with E-state index in [0.717, 1.165) is 48.1 Å². The second-order valence-electron chi connectivity index (χ2n) is 12.3. The van der Waals surface area contributed by atoms with Crippen LogP contribution in [-0.2, 0) is 24.5 Å². The summed E-state index contributed by atoms with van der Waals surface area (Å²) in [5, 5.41) is 8.78. The predicted octanol–water partition coefficient (Wildman–Crippen LogP) is 5.18. The Morgan fingerprint density at radius 1 is 1.19 bits per heavy atom. The van der Waals surface area contributed by atoms with Crippen molar-refractivity contribution in [2.75, 3.05) is 26.8 Å². The molecule has 3 atom stereocenters. The van der Waals surface area contributed by atoms with Gasteiger partial charge in [0.2, 0.25) is 0 Å². The van der Waals surface area contributed by atoms with Crippen molar-refractivity contribution in [2.45, 2.75) is 50.1 Å². The Bertz CT molecular complexity index is 1660. The first-order valence-corrected chi connectivity index (χ1v) is 15.2. The fourth-order valence-electron chi connectivity index (χ4n) is 6.87. The third-order valence-corrected chi connectivity index (χ3v) is 9.92. The zero-order chi connectivity index (χ0) is 30.5. The van der Waals surface area contributed by atoms with Gasteiger partial charge in [-0.2, -0.15) is 25.8 Å². The number of thiol groups is 1. The zero-order valence-corrected chi connectivity index (χ0v) is 25.4. The molecule has 1 saturated carbocycles. The summed E-state index contributed by atoms with van der Waals surface area (Å²) < 4.78 is 52.7. The summed E-state index contributed by atoms with van der Waals surface area (Å²) in [6, 6.07) is 8.66. The van der Waals surface area contributed by atoms with Gasteiger partial charge in [-0.15, -0.1) is 10.2 Å². The molecule has 6 rings (SSSR count). The van der Waals surface area contributed by atoms with E-state index < -0.39 is 17.4 Å². The van der Waals surface area contributed by atoms with Crippen LogP contribution in [0.1, 0.15) is 54.6 Å². The van der Waals surface area contributed by atoms with Crippen molar-refractivity contribution in [3.8, 4) is 5.69 Å². The van der Waals surface area contributed by atoms with Gasteiger partial charge < -0.3 is 9.30 Å². The lowest BCUT2D eigenvalue weighted by atomic mass is 9.66. The molecule has 1 aromatic carbocycles. The summed E-state index contributed by atoms with van der Waals surface area (Å²) in [5.74, 6) is 1.84. The molecule has 0 spiro atoms. The Balaban J connectivity index is 1.38. The first-order valence-electron chi connectivity index (χ1n) is 14.7. The molecule has 0 radical (unpaired) electrons. The Kier molecular flexibility index (Phi) is 8.20. The minimum absolute atomic E-state index is 0.0746. The van der Waals surface area contributed by atoms with Gasteiger partial charge in [0.05, 0.1) is 16.8 Å². The van der Waals surface area contributed by atoms with E-state index in [4.69, 9.17) is 4.74 Å². The zero-order valence-electron chi connectivity index (χ0n) is 24.5. The van der Waals surface area contributed by atoms with Gasteiger partial charge in [0.25, 0.3) is 0 Å². The molecular formula is C31H37F3N6O2S. The molecule has 43 heavy (non-hydrogen) atoms. The van der Waals surface area contributed by atoms with E-state index in [-0.39, 0.29) is 16.7 Å². The van der Waals surface area contributed by atoms with Gasteiger partial charge in [0, 0.05) is 57.4 Å². The van der Waals surface area contributed by atoms with Crippen LogP contribution in [0.3, 0.4) is 0 Å². The normalized spacial score (nSPS) is 23.9. The van der Waals surface area contributed by atoms with E-state index in [0.29, 0.717) is 42.2 Å². The topological polar surface area (TPSA) is 69.6 Å². The van der Waals surface area contributed by atoms with Crippen molar-refractivity contribution >= 4 is 18.1 Å². The average Bonchev–Trinajstić information content (AvgIpc) is 3.51. The second kappa shape index (κ2) is 11.8. The van der Waals surface area contributed by atoms with Crippen molar-refractivity contribution in [3.63, 3.8) is 0 Å². The van der Waals surface area contributed by atoms with Crippen LogP contribution in [-0.4, -0.2) is 60.7 Å². The van der Waals surface area contributed by atoms with Gasteiger partial charge in [0.1, 0.15) is 12.2 Å². The number of hydrogen-bond acceptors (Lipinski definition) is 6. The summed E-state index contributed by atoms with van der Waals surface area (Å²) in [6.07, 6.45) is 2.71. The maximum atomic E-state index is 14.3. The van der Waals surface area contributed by atoms with Gasteiger partial charge in [-0.1, -0.05) is 19.1 Å². The number of fused-ring (bicyclic) bond motifs is 1. The molecule has 1 saturated heterocycles. The van der Waals surface area contributed by atoms with E-state index in [1.807, 2.05) is 29.8 Å². The maximum Gasteiger partial charge on any atom is 0.418 e. The van der Waals surface area contributed by atoms with E-state index >= 15 is 0 Å². The molecule has 1 aliphatic carbocycles. The van der Waals surface area contributed by atoms with Crippen LogP contribution in [0.2, 0.25) is 0 Å². The minimum atomic E-state index is -4.62. The van der Waals surface area contributed by atoms with Crippen molar-refractivity contribution in [1.29, 1.82) is 0 Å². The van der Waals surface area contributed by atoms with E-state index in [1.54, 1.807) is 25.7 Å². The molecule has 4 heterocycles. The first-order chi connectivity index (χ1) is 20.5. The lowest BCUT2D eigenvalue weighted by Crippen LogP contribution is -2.39. The summed E-state index contributed by atoms with van der Waals surface area (Å²) in [7, 11) is 3.61. The number of methoxy groups -OCH3 is 1. The lowest BCUT2D eigenvalue weighted by molar-refractivity contribution is -0.136. The van der Waals surface area contributed by atoms with Crippen molar-refractivity contribution < 1.29 is 17.9 Å². The SMILES string of the molecule is COCC1CC([C@H](c2cccc(-n3cc4c(C(F)(F)F)cc(CN5CCC(S)[C@H](C)C5)cn4c3=O)c2)c2nncn2C)C1. The molecule has 4 aromatic rings. The number of ether oxygens (including phenoxy) is 1. The smallest absolute Gasteiger partial charge is 0.384 e. The van der Waals surface area contributed by atoms with Gasteiger partial charge in [0.15, 0.2) is 0 Å². The number of benzene rings is 1. The quantitative estimate of drug-likeness (QED) is 0.277. The summed E-state index contributed by atoms with van der Waals surface area (Å²) in [4.78, 5) is 15.9. The molecule has 0 bridgehead atoms. The lowest BCUT2D eigenvalue weighted by Gasteiger charge is -2.40. The highest BCUT2D eigenvalue weighted by Gasteiger charge is 2.39. The van der Waals surface area contributed by atoms with Gasteiger partial charge in [-0.25, -0.2) is 4.79 Å². The van der Waals surface area contributed by atoms with Crippen LogP contribution >= 0.6 is 12.6 Å². The van der Waals surface area contributed by atoms with Crippen molar-refractivity contribution in [1.82, 2.24) is 28.6 Å². The molecule has 230 valence electrons. The number of hydrogen-bond donors (Lipinski definition) is 1. The van der Waals surface area contributed by atoms with Crippen LogP contribution in [0.25, 0.3) is 11.2 Å². The van der Waals surface area contributed by atoms with Crippen LogP contribution in [0.5, 0.6) is 0 Å². The first kappa shape index (κ1) is 30.0. The van der Waals surface area contributed by atoms with Gasteiger partial charge in [-0.05, 0) is 72.9 Å². The standard InChI is InChI=1S/C31H37F3N6O2S/c1-19-13-38(8-7-27(19)43)14-21-11-25(31(32,33)34)26-16-39(30(41)40(26)15-21)24-6-4-5-22(12-24)28(29-36-35-18-37(29)2)23-9-20(10-23)17-42-3/h4-6,11-12,15-16,18-20,23,27-28,43H,7-10,13-14,17H2,1-3H3/t19-,20?,23?,27?,28+/m1/s1. The van der Waals surface area contributed by atoms with Gasteiger partial charge in [-0.3, -0.25) is 13.9 Å². The Morgan fingerprint density at radius 3 is 2.65 bits per heavy atom. The third-order valence-electron chi connectivity index (χ3n) is 9.16. The number of likely N-dealkylation sites (tertiary alicyclic amines) is 1. The molecule has 1 aliphatic heterocycles. The van der Waals surface area contributed by atoms with Crippen LogP contribution in [0.4, 0.5) is 13.2 Å². The number of aromatic nitrogens is 5. The highest BCUT2D eigenvalue weighted by atomic mass is 32.1. The van der Waals surface area contributed by atoms with E-state index in [2.05, 4.69) is 34.6 Å². The largest absolute Gasteiger partial charge is 0.418 e. The number of imidazole rings is 1. The predicted molar refractivity (Wildman–Crippen MR) is 161 cm³/mol. The average molecular weight is 615 g/mol. The molecule has 0 N–H and O–H groups in total. The molecule has 8 nitrogen and oxygen atoms in total. The fourth-order valence-corrected chi connectivity index (χ4v) is 7.08. The maximum absolute atomic E-state index is 14.3. The number of alkyl halides is 3. The molecule has 2 fully saturated rings. The highest BCUT2D eigenvalue weighted by molar-refractivity contribution is 7.81. The summed E-state index contributed by atoms with van der Waals surface area (Å²) in [5.41, 5.74) is 0.378. The summed E-state index contributed by atoms with van der Waals surface area (Å²) >= 11 is 4.61. The van der Waals surface area contributed by atoms with Crippen LogP contribution in [0.15, 0.2) is 53.8 Å². The minimum Gasteiger partial charge on any atom is -0.384 e. The van der Waals surface area contributed by atoms with Crippen molar-refractivity contribution in [3.05, 3.63) is 82.1 Å². The molecule has 1 unspecified atom stereocenters. The third kappa shape index (κ3) is 5.88. The van der Waals surface area contributed by atoms with E-state index in [9.17, 15) is 18.0 Å². The number of halogens is 3. The van der Waals surface area contributed by atoms with Crippen LogP contribution < -0.4 is 5.69 Å². The summed E-state index contributed by atoms with van der Waals surface area (Å²) in [6.45, 7) is 4.63.